The summed E-state index contributed by atoms with van der Waals surface area (Å²) in [7, 11) is 3.75. The lowest BCUT2D eigenvalue weighted by atomic mass is 10.0. The zero-order chi connectivity index (χ0) is 13.3. The zero-order valence-corrected chi connectivity index (χ0v) is 12.2. The molecule has 1 aromatic heterocycles. The number of hydrogen-bond acceptors (Lipinski definition) is 3. The molecule has 1 aliphatic rings. The van der Waals surface area contributed by atoms with Crippen LogP contribution in [-0.2, 0) is 6.54 Å². The Hall–Kier alpha value is -1.03. The number of hydrogen-bond donors (Lipinski definition) is 1. The number of nitrogens with one attached hydrogen (secondary N) is 1. The highest BCUT2D eigenvalue weighted by Gasteiger charge is 2.51. The van der Waals surface area contributed by atoms with E-state index in [2.05, 4.69) is 35.9 Å². The second-order valence-electron chi connectivity index (χ2n) is 5.89. The smallest absolute Gasteiger partial charge is 0.161 e. The Morgan fingerprint density at radius 2 is 2.28 bits per heavy atom. The lowest BCUT2D eigenvalue weighted by Crippen LogP contribution is -2.24. The molecule has 18 heavy (non-hydrogen) atoms. The van der Waals surface area contributed by atoms with Gasteiger partial charge in [-0.15, -0.1) is 0 Å². The Kier molecular flexibility index (Phi) is 3.66. The lowest BCUT2D eigenvalue weighted by molar-refractivity contribution is 0.368. The SMILES string of the molecule is CCCn1ncc(OC)c1C(NC)C1CC1(C)C. The molecule has 0 saturated heterocycles. The maximum absolute atomic E-state index is 5.48. The summed E-state index contributed by atoms with van der Waals surface area (Å²) in [5.74, 6) is 1.58. The molecule has 0 aliphatic heterocycles. The molecule has 1 saturated carbocycles. The lowest BCUT2D eigenvalue weighted by Gasteiger charge is -2.20. The van der Waals surface area contributed by atoms with E-state index in [4.69, 9.17) is 4.74 Å². The van der Waals surface area contributed by atoms with E-state index in [0.717, 1.165) is 18.7 Å². The van der Waals surface area contributed by atoms with Crippen molar-refractivity contribution in [2.75, 3.05) is 14.2 Å². The summed E-state index contributed by atoms with van der Waals surface area (Å²) in [6.45, 7) is 7.78. The number of nitrogens with zero attached hydrogens (tertiary/aromatic N) is 2. The molecule has 4 heteroatoms. The minimum atomic E-state index is 0.337. The van der Waals surface area contributed by atoms with Crippen LogP contribution in [0.15, 0.2) is 6.20 Å². The van der Waals surface area contributed by atoms with Gasteiger partial charge in [0.05, 0.1) is 25.0 Å². The van der Waals surface area contributed by atoms with Crippen LogP contribution in [0.2, 0.25) is 0 Å². The summed E-state index contributed by atoms with van der Waals surface area (Å²) >= 11 is 0. The largest absolute Gasteiger partial charge is 0.493 e. The molecule has 0 aromatic carbocycles. The van der Waals surface area contributed by atoms with Gasteiger partial charge in [-0.05, 0) is 31.2 Å². The Bertz CT molecular complexity index is 411. The van der Waals surface area contributed by atoms with Crippen molar-refractivity contribution in [2.24, 2.45) is 11.3 Å². The van der Waals surface area contributed by atoms with Crippen molar-refractivity contribution in [3.63, 3.8) is 0 Å². The van der Waals surface area contributed by atoms with Gasteiger partial charge in [-0.3, -0.25) is 4.68 Å². The van der Waals surface area contributed by atoms with Crippen LogP contribution in [0.4, 0.5) is 0 Å². The van der Waals surface area contributed by atoms with Crippen molar-refractivity contribution in [3.8, 4) is 5.75 Å². The van der Waals surface area contributed by atoms with E-state index >= 15 is 0 Å². The van der Waals surface area contributed by atoms with Crippen molar-refractivity contribution in [1.29, 1.82) is 0 Å². The maximum atomic E-state index is 5.48. The van der Waals surface area contributed by atoms with Gasteiger partial charge in [0, 0.05) is 6.54 Å². The first kappa shape index (κ1) is 13.4. The number of rotatable bonds is 6. The van der Waals surface area contributed by atoms with Crippen molar-refractivity contribution in [3.05, 3.63) is 11.9 Å². The van der Waals surface area contributed by atoms with E-state index in [1.54, 1.807) is 7.11 Å². The van der Waals surface area contributed by atoms with Gasteiger partial charge < -0.3 is 10.1 Å². The van der Waals surface area contributed by atoms with Crippen molar-refractivity contribution >= 4 is 0 Å². The minimum Gasteiger partial charge on any atom is -0.493 e. The third kappa shape index (κ3) is 2.26. The molecule has 1 aromatic rings. The number of aromatic nitrogens is 2. The van der Waals surface area contributed by atoms with Crippen LogP contribution in [0.3, 0.4) is 0 Å². The monoisotopic (exact) mass is 251 g/mol. The van der Waals surface area contributed by atoms with E-state index in [0.29, 0.717) is 17.4 Å². The number of ether oxygens (including phenoxy) is 1. The molecule has 0 spiro atoms. The van der Waals surface area contributed by atoms with E-state index in [1.165, 1.54) is 12.1 Å². The van der Waals surface area contributed by atoms with Gasteiger partial charge in [-0.1, -0.05) is 20.8 Å². The quantitative estimate of drug-likeness (QED) is 0.844. The molecule has 1 heterocycles. The predicted octanol–water partition coefficient (Wildman–Crippen LogP) is 2.61. The summed E-state index contributed by atoms with van der Waals surface area (Å²) in [6, 6.07) is 0.337. The Morgan fingerprint density at radius 1 is 1.61 bits per heavy atom. The molecule has 2 rings (SSSR count). The van der Waals surface area contributed by atoms with Crippen LogP contribution in [0.1, 0.15) is 45.3 Å². The van der Waals surface area contributed by atoms with E-state index in [9.17, 15) is 0 Å². The third-order valence-electron chi connectivity index (χ3n) is 4.10. The topological polar surface area (TPSA) is 39.1 Å². The minimum absolute atomic E-state index is 0.337. The average Bonchev–Trinajstić information content (AvgIpc) is 2.78. The molecule has 0 radical (unpaired) electrons. The zero-order valence-electron chi connectivity index (χ0n) is 12.2. The third-order valence-corrected chi connectivity index (χ3v) is 4.10. The summed E-state index contributed by atoms with van der Waals surface area (Å²) in [5, 5.41) is 7.91. The second-order valence-corrected chi connectivity index (χ2v) is 5.89. The van der Waals surface area contributed by atoms with E-state index in [-0.39, 0.29) is 0 Å². The first-order valence-electron chi connectivity index (χ1n) is 6.82. The van der Waals surface area contributed by atoms with Crippen LogP contribution in [0.25, 0.3) is 0 Å². The summed E-state index contributed by atoms with van der Waals surface area (Å²) in [5.41, 5.74) is 1.64. The predicted molar refractivity (Wildman–Crippen MR) is 72.8 cm³/mol. The molecule has 1 N–H and O–H groups in total. The molecular formula is C14H25N3O. The Balaban J connectivity index is 2.31. The molecule has 4 nitrogen and oxygen atoms in total. The van der Waals surface area contributed by atoms with Crippen molar-refractivity contribution in [2.45, 2.75) is 46.2 Å². The van der Waals surface area contributed by atoms with Crippen LogP contribution in [-0.4, -0.2) is 23.9 Å². The summed E-state index contributed by atoms with van der Waals surface area (Å²) in [6.07, 6.45) is 4.19. The highest BCUT2D eigenvalue weighted by Crippen LogP contribution is 2.58. The number of methoxy groups -OCH3 is 1. The first-order chi connectivity index (χ1) is 8.55. The molecule has 102 valence electrons. The van der Waals surface area contributed by atoms with Crippen LogP contribution in [0.5, 0.6) is 5.75 Å². The fourth-order valence-corrected chi connectivity index (χ4v) is 2.84. The highest BCUT2D eigenvalue weighted by molar-refractivity contribution is 5.31. The standard InChI is InChI=1S/C14H25N3O/c1-6-7-17-13(11(18-5)9-16-17)12(15-4)10-8-14(10,2)3/h9-10,12,15H,6-8H2,1-5H3. The second kappa shape index (κ2) is 4.92. The molecule has 1 fully saturated rings. The van der Waals surface area contributed by atoms with Gasteiger partial charge in [-0.2, -0.15) is 5.10 Å². The molecule has 1 aliphatic carbocycles. The summed E-state index contributed by atoms with van der Waals surface area (Å²) < 4.78 is 7.57. The molecular weight excluding hydrogens is 226 g/mol. The van der Waals surface area contributed by atoms with Crippen LogP contribution in [0, 0.1) is 11.3 Å². The fourth-order valence-electron chi connectivity index (χ4n) is 2.84. The van der Waals surface area contributed by atoms with Crippen LogP contribution >= 0.6 is 0 Å². The van der Waals surface area contributed by atoms with Gasteiger partial charge in [0.1, 0.15) is 0 Å². The molecule has 2 unspecified atom stereocenters. The van der Waals surface area contributed by atoms with Crippen molar-refractivity contribution in [1.82, 2.24) is 15.1 Å². The molecule has 0 bridgehead atoms. The normalized spacial score (nSPS) is 22.8. The molecule has 0 amide bonds. The molecule has 2 atom stereocenters. The van der Waals surface area contributed by atoms with Crippen LogP contribution < -0.4 is 10.1 Å². The Labute approximate surface area is 110 Å². The van der Waals surface area contributed by atoms with Gasteiger partial charge in [0.25, 0.3) is 0 Å². The summed E-state index contributed by atoms with van der Waals surface area (Å²) in [4.78, 5) is 0. The highest BCUT2D eigenvalue weighted by atomic mass is 16.5. The number of aryl methyl sites for hydroxylation is 1. The van der Waals surface area contributed by atoms with E-state index < -0.39 is 0 Å². The van der Waals surface area contributed by atoms with E-state index in [1.807, 2.05) is 13.2 Å². The average molecular weight is 251 g/mol. The van der Waals surface area contributed by atoms with Gasteiger partial charge in [0.15, 0.2) is 5.75 Å². The van der Waals surface area contributed by atoms with Gasteiger partial charge in [0.2, 0.25) is 0 Å². The maximum Gasteiger partial charge on any atom is 0.161 e. The Morgan fingerprint density at radius 3 is 2.72 bits per heavy atom. The first-order valence-corrected chi connectivity index (χ1v) is 6.82. The van der Waals surface area contributed by atoms with Gasteiger partial charge >= 0.3 is 0 Å². The van der Waals surface area contributed by atoms with Crippen molar-refractivity contribution < 1.29 is 4.74 Å². The van der Waals surface area contributed by atoms with Gasteiger partial charge in [-0.25, -0.2) is 0 Å². The fraction of sp³-hybridized carbons (Fsp3) is 0.786.